The molecule has 1 rings (SSSR count). The van der Waals surface area contributed by atoms with E-state index in [1.54, 1.807) is 19.4 Å². The van der Waals surface area contributed by atoms with Crippen LogP contribution < -0.4 is 10.1 Å². The van der Waals surface area contributed by atoms with E-state index in [9.17, 15) is 4.79 Å². The number of hydrogen-bond donors (Lipinski definition) is 1. The van der Waals surface area contributed by atoms with Gasteiger partial charge in [-0.25, -0.2) is 4.98 Å². The molecule has 76 valence electrons. The van der Waals surface area contributed by atoms with E-state index in [4.69, 9.17) is 4.74 Å². The minimum atomic E-state index is 0.0424. The lowest BCUT2D eigenvalue weighted by molar-refractivity contribution is -0.120. The van der Waals surface area contributed by atoms with Gasteiger partial charge in [0.1, 0.15) is 0 Å². The van der Waals surface area contributed by atoms with Gasteiger partial charge >= 0.3 is 0 Å². The zero-order valence-electron chi connectivity index (χ0n) is 8.41. The summed E-state index contributed by atoms with van der Waals surface area (Å²) in [4.78, 5) is 15.0. The first-order valence-electron chi connectivity index (χ1n) is 4.52. The molecule has 0 saturated carbocycles. The number of rotatable bonds is 4. The van der Waals surface area contributed by atoms with E-state index in [1.165, 1.54) is 0 Å². The van der Waals surface area contributed by atoms with Crippen LogP contribution in [0.25, 0.3) is 0 Å². The number of carbonyl (C=O) groups is 1. The van der Waals surface area contributed by atoms with Crippen molar-refractivity contribution in [2.24, 2.45) is 0 Å². The molecule has 4 nitrogen and oxygen atoms in total. The summed E-state index contributed by atoms with van der Waals surface area (Å²) >= 11 is 0. The number of carbonyl (C=O) groups excluding carboxylic acids is 1. The zero-order chi connectivity index (χ0) is 10.4. The Morgan fingerprint density at radius 2 is 2.43 bits per heavy atom. The van der Waals surface area contributed by atoms with Crippen LogP contribution in [-0.4, -0.2) is 18.0 Å². The molecule has 1 N–H and O–H groups in total. The Morgan fingerprint density at radius 1 is 1.64 bits per heavy atom. The average Bonchev–Trinajstić information content (AvgIpc) is 2.26. The highest BCUT2D eigenvalue weighted by Gasteiger charge is 1.99. The number of hydrogen-bond acceptors (Lipinski definition) is 3. The van der Waals surface area contributed by atoms with Crippen LogP contribution in [0.1, 0.15) is 18.9 Å². The average molecular weight is 194 g/mol. The minimum absolute atomic E-state index is 0.0424. The highest BCUT2D eigenvalue weighted by molar-refractivity contribution is 5.75. The summed E-state index contributed by atoms with van der Waals surface area (Å²) < 4.78 is 4.96. The molecule has 0 aliphatic carbocycles. The minimum Gasteiger partial charge on any atom is -0.481 e. The molecule has 1 amide bonds. The third-order valence-electron chi connectivity index (χ3n) is 1.82. The molecular weight excluding hydrogens is 180 g/mol. The Kier molecular flexibility index (Phi) is 3.91. The molecule has 0 fully saturated rings. The van der Waals surface area contributed by atoms with Gasteiger partial charge < -0.3 is 10.1 Å². The van der Waals surface area contributed by atoms with Crippen molar-refractivity contribution < 1.29 is 9.53 Å². The summed E-state index contributed by atoms with van der Waals surface area (Å²) in [7, 11) is 1.57. The number of nitrogens with one attached hydrogen (secondary N) is 1. The number of nitrogens with zero attached hydrogens (tertiary/aromatic N) is 1. The maximum atomic E-state index is 11.0. The summed E-state index contributed by atoms with van der Waals surface area (Å²) in [6.07, 6.45) is 2.16. The van der Waals surface area contributed by atoms with E-state index in [-0.39, 0.29) is 5.91 Å². The number of aromatic nitrogens is 1. The van der Waals surface area contributed by atoms with Crippen LogP contribution >= 0.6 is 0 Å². The molecule has 0 saturated heterocycles. The van der Waals surface area contributed by atoms with Crippen molar-refractivity contribution in [3.8, 4) is 5.88 Å². The van der Waals surface area contributed by atoms with Crippen molar-refractivity contribution >= 4 is 5.91 Å². The first kappa shape index (κ1) is 10.5. The second kappa shape index (κ2) is 5.21. The predicted octanol–water partition coefficient (Wildman–Crippen LogP) is 1.12. The highest BCUT2D eigenvalue weighted by atomic mass is 16.5. The molecule has 0 atom stereocenters. The Hall–Kier alpha value is -1.58. The van der Waals surface area contributed by atoms with Gasteiger partial charge in [0.05, 0.1) is 7.11 Å². The molecule has 1 aromatic heterocycles. The molecule has 4 heteroatoms. The first-order chi connectivity index (χ1) is 6.76. The lowest BCUT2D eigenvalue weighted by Crippen LogP contribution is -2.21. The van der Waals surface area contributed by atoms with Crippen LogP contribution in [0.4, 0.5) is 0 Å². The normalized spacial score (nSPS) is 9.57. The fourth-order valence-electron chi connectivity index (χ4n) is 0.998. The number of ether oxygens (including phenoxy) is 1. The summed E-state index contributed by atoms with van der Waals surface area (Å²) in [5.74, 6) is 0.606. The number of methoxy groups -OCH3 is 1. The van der Waals surface area contributed by atoms with Crippen LogP contribution in [0.15, 0.2) is 18.3 Å². The fraction of sp³-hybridized carbons (Fsp3) is 0.400. The van der Waals surface area contributed by atoms with Crippen molar-refractivity contribution in [2.75, 3.05) is 7.11 Å². The third-order valence-corrected chi connectivity index (χ3v) is 1.82. The van der Waals surface area contributed by atoms with Gasteiger partial charge in [0.25, 0.3) is 0 Å². The molecule has 14 heavy (non-hydrogen) atoms. The standard InChI is InChI=1S/C10H14N2O2/c1-3-9(13)12-7-8-4-5-11-10(6-8)14-2/h4-6H,3,7H2,1-2H3,(H,12,13). The van der Waals surface area contributed by atoms with Gasteiger partial charge in [-0.2, -0.15) is 0 Å². The predicted molar refractivity (Wildman–Crippen MR) is 52.9 cm³/mol. The van der Waals surface area contributed by atoms with Gasteiger partial charge in [-0.15, -0.1) is 0 Å². The van der Waals surface area contributed by atoms with E-state index in [1.807, 2.05) is 13.0 Å². The maximum absolute atomic E-state index is 11.0. The van der Waals surface area contributed by atoms with E-state index in [2.05, 4.69) is 10.3 Å². The van der Waals surface area contributed by atoms with Gasteiger partial charge in [-0.05, 0) is 11.6 Å². The smallest absolute Gasteiger partial charge is 0.219 e. The monoisotopic (exact) mass is 194 g/mol. The van der Waals surface area contributed by atoms with Gasteiger partial charge in [0.15, 0.2) is 0 Å². The molecule has 0 aliphatic rings. The van der Waals surface area contributed by atoms with E-state index < -0.39 is 0 Å². The quantitative estimate of drug-likeness (QED) is 0.781. The van der Waals surface area contributed by atoms with Crippen molar-refractivity contribution in [3.05, 3.63) is 23.9 Å². The largest absolute Gasteiger partial charge is 0.481 e. The Labute approximate surface area is 83.3 Å². The second-order valence-electron chi connectivity index (χ2n) is 2.84. The summed E-state index contributed by atoms with van der Waals surface area (Å²) in [6.45, 7) is 2.34. The highest BCUT2D eigenvalue weighted by Crippen LogP contribution is 2.07. The molecular formula is C10H14N2O2. The number of amides is 1. The SMILES string of the molecule is CCC(=O)NCc1ccnc(OC)c1. The summed E-state index contributed by atoms with van der Waals surface area (Å²) in [6, 6.07) is 3.65. The number of pyridine rings is 1. The zero-order valence-corrected chi connectivity index (χ0v) is 8.41. The third kappa shape index (κ3) is 3.05. The van der Waals surface area contributed by atoms with Crippen molar-refractivity contribution in [3.63, 3.8) is 0 Å². The van der Waals surface area contributed by atoms with Crippen LogP contribution in [0.5, 0.6) is 5.88 Å². The van der Waals surface area contributed by atoms with Crippen molar-refractivity contribution in [1.29, 1.82) is 0 Å². The Morgan fingerprint density at radius 3 is 3.07 bits per heavy atom. The molecule has 0 bridgehead atoms. The topological polar surface area (TPSA) is 51.2 Å². The van der Waals surface area contributed by atoms with Crippen LogP contribution in [0, 0.1) is 0 Å². The molecule has 0 spiro atoms. The van der Waals surface area contributed by atoms with Crippen molar-refractivity contribution in [1.82, 2.24) is 10.3 Å². The fourth-order valence-corrected chi connectivity index (χ4v) is 0.998. The lowest BCUT2D eigenvalue weighted by Gasteiger charge is -2.04. The summed E-state index contributed by atoms with van der Waals surface area (Å²) in [5.41, 5.74) is 0.985. The van der Waals surface area contributed by atoms with Gasteiger partial charge in [0, 0.05) is 25.2 Å². The molecule has 0 radical (unpaired) electrons. The molecule has 1 heterocycles. The molecule has 0 aliphatic heterocycles. The van der Waals surface area contributed by atoms with Gasteiger partial charge in [-0.1, -0.05) is 6.92 Å². The van der Waals surface area contributed by atoms with E-state index in [0.29, 0.717) is 18.8 Å². The molecule has 0 aromatic carbocycles. The van der Waals surface area contributed by atoms with Crippen LogP contribution in [0.2, 0.25) is 0 Å². The van der Waals surface area contributed by atoms with Crippen LogP contribution in [0.3, 0.4) is 0 Å². The first-order valence-corrected chi connectivity index (χ1v) is 4.52. The van der Waals surface area contributed by atoms with Crippen molar-refractivity contribution in [2.45, 2.75) is 19.9 Å². The Balaban J connectivity index is 2.54. The molecule has 1 aromatic rings. The maximum Gasteiger partial charge on any atom is 0.219 e. The second-order valence-corrected chi connectivity index (χ2v) is 2.84. The van der Waals surface area contributed by atoms with Gasteiger partial charge in [-0.3, -0.25) is 4.79 Å². The lowest BCUT2D eigenvalue weighted by atomic mass is 10.2. The Bertz CT molecular complexity index is 313. The van der Waals surface area contributed by atoms with Crippen LogP contribution in [-0.2, 0) is 11.3 Å². The van der Waals surface area contributed by atoms with Gasteiger partial charge in [0.2, 0.25) is 11.8 Å². The van der Waals surface area contributed by atoms with E-state index >= 15 is 0 Å². The van der Waals surface area contributed by atoms with E-state index in [0.717, 1.165) is 5.56 Å². The molecule has 0 unspecified atom stereocenters. The summed E-state index contributed by atoms with van der Waals surface area (Å²) in [5, 5.41) is 2.78.